The van der Waals surface area contributed by atoms with E-state index in [2.05, 4.69) is 10.3 Å². The van der Waals surface area contributed by atoms with Crippen LogP contribution in [0.4, 0.5) is 4.39 Å². The van der Waals surface area contributed by atoms with Gasteiger partial charge < -0.3 is 14.6 Å². The number of nitrogens with one attached hydrogen (secondary N) is 1. The number of aromatic nitrogens is 2. The fourth-order valence-corrected chi connectivity index (χ4v) is 2.44. The highest BCUT2D eigenvalue weighted by Gasteiger charge is 2.14. The fraction of sp³-hybridized carbons (Fsp3) is 0.438. The van der Waals surface area contributed by atoms with Crippen molar-refractivity contribution in [1.29, 1.82) is 0 Å². The predicted molar refractivity (Wildman–Crippen MR) is 80.9 cm³/mol. The minimum Gasteiger partial charge on any atom is -0.494 e. The normalized spacial score (nSPS) is 12.4. The molecular formula is C16H22FN3O. The van der Waals surface area contributed by atoms with Crippen LogP contribution in [0.15, 0.2) is 30.6 Å². The number of halogens is 1. The summed E-state index contributed by atoms with van der Waals surface area (Å²) in [7, 11) is 3.46. The molecule has 0 amide bonds. The maximum Gasteiger partial charge on any atom is 0.165 e. The molecule has 2 aromatic rings. The molecule has 0 radical (unpaired) electrons. The molecule has 1 heterocycles. The Morgan fingerprint density at radius 1 is 1.43 bits per heavy atom. The van der Waals surface area contributed by atoms with E-state index < -0.39 is 0 Å². The van der Waals surface area contributed by atoms with Crippen molar-refractivity contribution in [3.63, 3.8) is 0 Å². The van der Waals surface area contributed by atoms with Crippen molar-refractivity contribution in [3.05, 3.63) is 47.8 Å². The molecule has 21 heavy (non-hydrogen) atoms. The van der Waals surface area contributed by atoms with E-state index in [1.807, 2.05) is 30.8 Å². The van der Waals surface area contributed by atoms with Crippen molar-refractivity contribution in [2.24, 2.45) is 7.05 Å². The van der Waals surface area contributed by atoms with Gasteiger partial charge >= 0.3 is 0 Å². The third-order valence-corrected chi connectivity index (χ3v) is 3.61. The molecule has 1 aromatic carbocycles. The van der Waals surface area contributed by atoms with Crippen molar-refractivity contribution in [1.82, 2.24) is 14.9 Å². The van der Waals surface area contributed by atoms with Gasteiger partial charge in [-0.05, 0) is 30.7 Å². The lowest BCUT2D eigenvalue weighted by Gasteiger charge is -2.19. The van der Waals surface area contributed by atoms with E-state index in [0.717, 1.165) is 30.8 Å². The number of benzene rings is 1. The molecule has 114 valence electrons. The van der Waals surface area contributed by atoms with Crippen molar-refractivity contribution < 1.29 is 9.13 Å². The maximum absolute atomic E-state index is 13.9. The zero-order chi connectivity index (χ0) is 15.2. The summed E-state index contributed by atoms with van der Waals surface area (Å²) in [5.41, 5.74) is 0.935. The van der Waals surface area contributed by atoms with E-state index in [-0.39, 0.29) is 17.6 Å². The molecule has 1 N–H and O–H groups in total. The van der Waals surface area contributed by atoms with Crippen LogP contribution in [0.5, 0.6) is 5.75 Å². The van der Waals surface area contributed by atoms with Crippen molar-refractivity contribution in [2.75, 3.05) is 13.7 Å². The Kier molecular flexibility index (Phi) is 5.33. The Morgan fingerprint density at radius 3 is 2.81 bits per heavy atom. The maximum atomic E-state index is 13.9. The molecule has 0 aliphatic heterocycles. The summed E-state index contributed by atoms with van der Waals surface area (Å²) in [5, 5.41) is 3.40. The number of aryl methyl sites for hydroxylation is 2. The van der Waals surface area contributed by atoms with Crippen LogP contribution in [-0.4, -0.2) is 23.2 Å². The average Bonchev–Trinajstić information content (AvgIpc) is 2.89. The number of methoxy groups -OCH3 is 1. The lowest BCUT2D eigenvalue weighted by atomic mass is 10.0. The van der Waals surface area contributed by atoms with Gasteiger partial charge in [-0.2, -0.15) is 0 Å². The number of nitrogens with zero attached hydrogens (tertiary/aromatic N) is 2. The van der Waals surface area contributed by atoms with Gasteiger partial charge in [0.15, 0.2) is 11.6 Å². The van der Waals surface area contributed by atoms with Gasteiger partial charge in [0.1, 0.15) is 5.82 Å². The van der Waals surface area contributed by atoms with Crippen LogP contribution in [0.25, 0.3) is 0 Å². The van der Waals surface area contributed by atoms with Crippen LogP contribution in [0.2, 0.25) is 0 Å². The van der Waals surface area contributed by atoms with Crippen molar-refractivity contribution in [3.8, 4) is 5.75 Å². The van der Waals surface area contributed by atoms with Crippen LogP contribution < -0.4 is 10.1 Å². The largest absolute Gasteiger partial charge is 0.494 e. The first-order valence-electron chi connectivity index (χ1n) is 7.18. The zero-order valence-electron chi connectivity index (χ0n) is 12.8. The Hall–Kier alpha value is -1.88. The van der Waals surface area contributed by atoms with Crippen molar-refractivity contribution >= 4 is 0 Å². The van der Waals surface area contributed by atoms with E-state index in [4.69, 9.17) is 4.74 Å². The molecule has 0 saturated carbocycles. The molecule has 1 atom stereocenters. The molecule has 0 bridgehead atoms. The molecule has 0 aliphatic rings. The monoisotopic (exact) mass is 291 g/mol. The minimum atomic E-state index is -0.324. The van der Waals surface area contributed by atoms with E-state index in [1.54, 1.807) is 18.3 Å². The van der Waals surface area contributed by atoms with Gasteiger partial charge in [0, 0.05) is 31.9 Å². The summed E-state index contributed by atoms with van der Waals surface area (Å²) in [4.78, 5) is 4.33. The molecule has 0 fully saturated rings. The van der Waals surface area contributed by atoms with Gasteiger partial charge in [-0.25, -0.2) is 9.37 Å². The Bertz CT molecular complexity index is 583. The van der Waals surface area contributed by atoms with Gasteiger partial charge in [-0.1, -0.05) is 13.0 Å². The minimum absolute atomic E-state index is 0.104. The highest BCUT2D eigenvalue weighted by atomic mass is 19.1. The first-order valence-corrected chi connectivity index (χ1v) is 7.18. The molecule has 0 spiro atoms. The molecular weight excluding hydrogens is 269 g/mol. The summed E-state index contributed by atoms with van der Waals surface area (Å²) < 4.78 is 20.8. The predicted octanol–water partition coefficient (Wildman–Crippen LogP) is 2.85. The Balaban J connectivity index is 2.11. The number of rotatable bonds is 7. The van der Waals surface area contributed by atoms with Crippen LogP contribution >= 0.6 is 0 Å². The van der Waals surface area contributed by atoms with E-state index in [0.29, 0.717) is 0 Å². The van der Waals surface area contributed by atoms with Crippen molar-refractivity contribution in [2.45, 2.75) is 25.8 Å². The van der Waals surface area contributed by atoms with E-state index in [9.17, 15) is 4.39 Å². The Labute approximate surface area is 125 Å². The quantitative estimate of drug-likeness (QED) is 0.852. The van der Waals surface area contributed by atoms with Gasteiger partial charge in [-0.15, -0.1) is 0 Å². The first kappa shape index (κ1) is 15.5. The lowest BCUT2D eigenvalue weighted by molar-refractivity contribution is 0.385. The van der Waals surface area contributed by atoms with Gasteiger partial charge in [0.2, 0.25) is 0 Å². The number of hydrogen-bond donors (Lipinski definition) is 1. The van der Waals surface area contributed by atoms with E-state index in [1.165, 1.54) is 7.11 Å². The molecule has 2 rings (SSSR count). The molecule has 1 unspecified atom stereocenters. The summed E-state index contributed by atoms with van der Waals surface area (Å²) in [6.07, 6.45) is 5.44. The second kappa shape index (κ2) is 7.22. The zero-order valence-corrected chi connectivity index (χ0v) is 12.8. The number of ether oxygens (including phenoxy) is 1. The molecule has 0 saturated heterocycles. The smallest absolute Gasteiger partial charge is 0.165 e. The highest BCUT2D eigenvalue weighted by Crippen LogP contribution is 2.24. The standard InChI is InChI=1S/C16H22FN3O/c1-4-18-14(6-8-16-19-9-10-20(16)2)12-5-7-15(21-3)13(17)11-12/h5,7,9-11,14,18H,4,6,8H2,1-3H3. The molecule has 4 nitrogen and oxygen atoms in total. The first-order chi connectivity index (χ1) is 10.2. The summed E-state index contributed by atoms with van der Waals surface area (Å²) >= 11 is 0. The van der Waals surface area contributed by atoms with E-state index >= 15 is 0 Å². The molecule has 5 heteroatoms. The highest BCUT2D eigenvalue weighted by molar-refractivity contribution is 5.31. The number of hydrogen-bond acceptors (Lipinski definition) is 3. The van der Waals surface area contributed by atoms with Gasteiger partial charge in [0.25, 0.3) is 0 Å². The molecule has 1 aromatic heterocycles. The second-order valence-corrected chi connectivity index (χ2v) is 5.00. The summed E-state index contributed by atoms with van der Waals surface area (Å²) in [6.45, 7) is 2.88. The summed E-state index contributed by atoms with van der Waals surface area (Å²) in [6, 6.07) is 5.24. The van der Waals surface area contributed by atoms with Gasteiger partial charge in [0.05, 0.1) is 7.11 Å². The third kappa shape index (κ3) is 3.82. The average molecular weight is 291 g/mol. The second-order valence-electron chi connectivity index (χ2n) is 5.00. The number of imidazole rings is 1. The topological polar surface area (TPSA) is 39.1 Å². The third-order valence-electron chi connectivity index (χ3n) is 3.61. The lowest BCUT2D eigenvalue weighted by Crippen LogP contribution is -2.22. The van der Waals surface area contributed by atoms with Crippen LogP contribution in [0.3, 0.4) is 0 Å². The van der Waals surface area contributed by atoms with Crippen LogP contribution in [-0.2, 0) is 13.5 Å². The Morgan fingerprint density at radius 2 is 2.24 bits per heavy atom. The van der Waals surface area contributed by atoms with Crippen LogP contribution in [0, 0.1) is 5.82 Å². The fourth-order valence-electron chi connectivity index (χ4n) is 2.44. The SMILES string of the molecule is CCNC(CCc1nccn1C)c1ccc(OC)c(F)c1. The van der Waals surface area contributed by atoms with Gasteiger partial charge in [-0.3, -0.25) is 0 Å². The molecule has 0 aliphatic carbocycles. The van der Waals surface area contributed by atoms with Crippen LogP contribution in [0.1, 0.15) is 30.8 Å². The summed E-state index contributed by atoms with van der Waals surface area (Å²) in [5.74, 6) is 0.986.